The summed E-state index contributed by atoms with van der Waals surface area (Å²) in [5, 5.41) is 1.76. The standard InChI is InChI=1S/C11H8ClNO/c12-9-3-4-11-8(6-9)7-10(13-11)2-1-5-14/h1-7,13H. The van der Waals surface area contributed by atoms with Crippen LogP contribution in [0.4, 0.5) is 0 Å². The molecule has 0 saturated heterocycles. The van der Waals surface area contributed by atoms with E-state index in [2.05, 4.69) is 4.98 Å². The molecule has 0 aliphatic heterocycles. The third-order valence-electron chi connectivity index (χ3n) is 1.96. The van der Waals surface area contributed by atoms with Gasteiger partial charge in [-0.25, -0.2) is 0 Å². The number of hydrogen-bond donors (Lipinski definition) is 1. The molecule has 0 fully saturated rings. The molecule has 0 aliphatic rings. The number of rotatable bonds is 2. The molecule has 2 rings (SSSR count). The molecular formula is C11H8ClNO. The van der Waals surface area contributed by atoms with Gasteiger partial charge in [0.15, 0.2) is 0 Å². The Morgan fingerprint density at radius 2 is 2.14 bits per heavy atom. The fourth-order valence-corrected chi connectivity index (χ4v) is 1.54. The SMILES string of the molecule is O=CC=Cc1cc2cc(Cl)ccc2[nH]1. The molecule has 3 heteroatoms. The second kappa shape index (κ2) is 3.68. The predicted molar refractivity (Wildman–Crippen MR) is 58.4 cm³/mol. The number of aromatic nitrogens is 1. The molecule has 14 heavy (non-hydrogen) atoms. The lowest BCUT2D eigenvalue weighted by Gasteiger charge is -1.88. The maximum Gasteiger partial charge on any atom is 0.142 e. The van der Waals surface area contributed by atoms with Crippen molar-refractivity contribution in [2.75, 3.05) is 0 Å². The Bertz CT molecular complexity index is 499. The summed E-state index contributed by atoms with van der Waals surface area (Å²) in [5.74, 6) is 0. The number of allylic oxidation sites excluding steroid dienone is 1. The molecule has 1 N–H and O–H groups in total. The predicted octanol–water partition coefficient (Wildman–Crippen LogP) is 3.03. The van der Waals surface area contributed by atoms with Crippen LogP contribution in [0.3, 0.4) is 0 Å². The topological polar surface area (TPSA) is 32.9 Å². The molecular weight excluding hydrogens is 198 g/mol. The lowest BCUT2D eigenvalue weighted by atomic mass is 10.2. The lowest BCUT2D eigenvalue weighted by Crippen LogP contribution is -1.69. The second-order valence-electron chi connectivity index (χ2n) is 2.95. The monoisotopic (exact) mass is 205 g/mol. The van der Waals surface area contributed by atoms with Crippen LogP contribution in [0.2, 0.25) is 5.02 Å². The molecule has 0 unspecified atom stereocenters. The van der Waals surface area contributed by atoms with Gasteiger partial charge in [-0.1, -0.05) is 11.6 Å². The van der Waals surface area contributed by atoms with E-state index in [1.165, 1.54) is 6.08 Å². The summed E-state index contributed by atoms with van der Waals surface area (Å²) in [6.07, 6.45) is 3.92. The minimum absolute atomic E-state index is 0.711. The molecule has 1 aromatic heterocycles. The molecule has 2 aromatic rings. The summed E-state index contributed by atoms with van der Waals surface area (Å²) in [7, 11) is 0. The van der Waals surface area contributed by atoms with Gasteiger partial charge in [-0.15, -0.1) is 0 Å². The molecule has 2 nitrogen and oxygen atoms in total. The van der Waals surface area contributed by atoms with Crippen molar-refractivity contribution in [3.63, 3.8) is 0 Å². The zero-order valence-corrected chi connectivity index (χ0v) is 8.08. The fourth-order valence-electron chi connectivity index (χ4n) is 1.36. The molecule has 1 heterocycles. The quantitative estimate of drug-likeness (QED) is 0.593. The van der Waals surface area contributed by atoms with Gasteiger partial charge >= 0.3 is 0 Å². The molecule has 0 radical (unpaired) electrons. The highest BCUT2D eigenvalue weighted by Gasteiger charge is 1.98. The van der Waals surface area contributed by atoms with Crippen LogP contribution in [-0.2, 0) is 4.79 Å². The van der Waals surface area contributed by atoms with Crippen molar-refractivity contribution in [2.45, 2.75) is 0 Å². The fraction of sp³-hybridized carbons (Fsp3) is 0. The Morgan fingerprint density at radius 1 is 1.29 bits per heavy atom. The van der Waals surface area contributed by atoms with E-state index >= 15 is 0 Å². The van der Waals surface area contributed by atoms with Crippen molar-refractivity contribution in [3.05, 3.63) is 41.1 Å². The van der Waals surface area contributed by atoms with Crippen molar-refractivity contribution in [1.29, 1.82) is 0 Å². The number of aromatic amines is 1. The maximum absolute atomic E-state index is 10.1. The van der Waals surface area contributed by atoms with E-state index in [1.807, 2.05) is 24.3 Å². The maximum atomic E-state index is 10.1. The molecule has 0 saturated carbocycles. The number of hydrogen-bond acceptors (Lipinski definition) is 1. The zero-order chi connectivity index (χ0) is 9.97. The van der Waals surface area contributed by atoms with Crippen LogP contribution in [0.1, 0.15) is 5.69 Å². The summed E-state index contributed by atoms with van der Waals surface area (Å²) in [6, 6.07) is 7.57. The van der Waals surface area contributed by atoms with E-state index in [1.54, 1.807) is 6.08 Å². The normalized spacial score (nSPS) is 11.2. The Morgan fingerprint density at radius 3 is 2.93 bits per heavy atom. The van der Waals surface area contributed by atoms with Crippen molar-refractivity contribution in [3.8, 4) is 0 Å². The van der Waals surface area contributed by atoms with Crippen molar-refractivity contribution < 1.29 is 4.79 Å². The van der Waals surface area contributed by atoms with Gasteiger partial charge in [-0.05, 0) is 36.4 Å². The molecule has 0 spiro atoms. The van der Waals surface area contributed by atoms with E-state index in [4.69, 9.17) is 11.6 Å². The number of carbonyl (C=O) groups is 1. The highest BCUT2D eigenvalue weighted by molar-refractivity contribution is 6.31. The Hall–Kier alpha value is -1.54. The largest absolute Gasteiger partial charge is 0.355 e. The van der Waals surface area contributed by atoms with E-state index in [0.717, 1.165) is 22.9 Å². The molecule has 0 aliphatic carbocycles. The van der Waals surface area contributed by atoms with Crippen LogP contribution in [0.5, 0.6) is 0 Å². The minimum Gasteiger partial charge on any atom is -0.355 e. The summed E-state index contributed by atoms with van der Waals surface area (Å²) < 4.78 is 0. The number of carbonyl (C=O) groups excluding carboxylic acids is 1. The van der Waals surface area contributed by atoms with E-state index in [0.29, 0.717) is 5.02 Å². The van der Waals surface area contributed by atoms with Gasteiger partial charge < -0.3 is 4.98 Å². The zero-order valence-electron chi connectivity index (χ0n) is 7.33. The van der Waals surface area contributed by atoms with Gasteiger partial charge in [0.1, 0.15) is 6.29 Å². The van der Waals surface area contributed by atoms with Crippen LogP contribution in [0.25, 0.3) is 17.0 Å². The highest BCUT2D eigenvalue weighted by atomic mass is 35.5. The van der Waals surface area contributed by atoms with Gasteiger partial charge in [0.25, 0.3) is 0 Å². The first-order valence-corrected chi connectivity index (χ1v) is 4.57. The van der Waals surface area contributed by atoms with E-state index < -0.39 is 0 Å². The van der Waals surface area contributed by atoms with Crippen LogP contribution in [0, 0.1) is 0 Å². The van der Waals surface area contributed by atoms with E-state index in [-0.39, 0.29) is 0 Å². The molecule has 70 valence electrons. The second-order valence-corrected chi connectivity index (χ2v) is 3.39. The van der Waals surface area contributed by atoms with Crippen molar-refractivity contribution >= 4 is 34.9 Å². The van der Waals surface area contributed by atoms with Crippen LogP contribution >= 0.6 is 11.6 Å². The summed E-state index contributed by atoms with van der Waals surface area (Å²) in [4.78, 5) is 13.3. The molecule has 0 atom stereocenters. The van der Waals surface area contributed by atoms with Gasteiger partial charge in [0.05, 0.1) is 0 Å². The third kappa shape index (κ3) is 1.70. The molecule has 1 aromatic carbocycles. The van der Waals surface area contributed by atoms with Crippen LogP contribution < -0.4 is 0 Å². The summed E-state index contributed by atoms with van der Waals surface area (Å²) in [5.41, 5.74) is 1.91. The smallest absolute Gasteiger partial charge is 0.142 e. The van der Waals surface area contributed by atoms with Crippen LogP contribution in [0.15, 0.2) is 30.3 Å². The van der Waals surface area contributed by atoms with Gasteiger partial charge in [-0.3, -0.25) is 4.79 Å². The number of fused-ring (bicyclic) bond motifs is 1. The van der Waals surface area contributed by atoms with Crippen LogP contribution in [-0.4, -0.2) is 11.3 Å². The average molecular weight is 206 g/mol. The Labute approximate surface area is 86.2 Å². The highest BCUT2D eigenvalue weighted by Crippen LogP contribution is 2.20. The number of halogens is 1. The number of H-pyrrole nitrogens is 1. The van der Waals surface area contributed by atoms with E-state index in [9.17, 15) is 4.79 Å². The minimum atomic E-state index is 0.711. The number of nitrogens with one attached hydrogen (secondary N) is 1. The van der Waals surface area contributed by atoms with Crippen molar-refractivity contribution in [2.24, 2.45) is 0 Å². The molecule has 0 bridgehead atoms. The summed E-state index contributed by atoms with van der Waals surface area (Å²) >= 11 is 5.84. The first-order chi connectivity index (χ1) is 6.79. The number of aldehydes is 1. The van der Waals surface area contributed by atoms with Crippen molar-refractivity contribution in [1.82, 2.24) is 4.98 Å². The average Bonchev–Trinajstić information content (AvgIpc) is 2.56. The Kier molecular flexibility index (Phi) is 2.37. The van der Waals surface area contributed by atoms with Gasteiger partial charge in [-0.2, -0.15) is 0 Å². The molecule has 0 amide bonds. The van der Waals surface area contributed by atoms with Gasteiger partial charge in [0, 0.05) is 21.6 Å². The summed E-state index contributed by atoms with van der Waals surface area (Å²) in [6.45, 7) is 0. The first kappa shape index (κ1) is 9.03. The number of benzene rings is 1. The third-order valence-corrected chi connectivity index (χ3v) is 2.19. The first-order valence-electron chi connectivity index (χ1n) is 4.20. The lowest BCUT2D eigenvalue weighted by molar-refractivity contribution is -0.104. The van der Waals surface area contributed by atoms with Gasteiger partial charge in [0.2, 0.25) is 0 Å². The Balaban J connectivity index is 2.51.